The summed E-state index contributed by atoms with van der Waals surface area (Å²) in [6, 6.07) is 6.47. The molecule has 0 radical (unpaired) electrons. The van der Waals surface area contributed by atoms with E-state index in [4.69, 9.17) is 10.8 Å². The lowest BCUT2D eigenvalue weighted by atomic mass is 10.0. The van der Waals surface area contributed by atoms with E-state index in [1.165, 1.54) is 0 Å². The van der Waals surface area contributed by atoms with Crippen molar-refractivity contribution in [3.05, 3.63) is 35.4 Å². The average Bonchev–Trinajstić information content (AvgIpc) is 2.28. The molecule has 0 bridgehead atoms. The molecule has 0 aliphatic rings. The minimum atomic E-state index is -1.08. The molecule has 0 aromatic heterocycles. The van der Waals surface area contributed by atoms with Gasteiger partial charge in [-0.1, -0.05) is 24.3 Å². The van der Waals surface area contributed by atoms with Crippen LogP contribution >= 0.6 is 0 Å². The molecular formula is C13H18N2O3. The second-order valence-electron chi connectivity index (χ2n) is 4.29. The minimum Gasteiger partial charge on any atom is -0.481 e. The Hall–Kier alpha value is -1.88. The molecule has 2 atom stereocenters. The highest BCUT2D eigenvalue weighted by Crippen LogP contribution is 2.16. The summed E-state index contributed by atoms with van der Waals surface area (Å²) >= 11 is 0. The molecule has 5 heteroatoms. The molecule has 1 amide bonds. The number of rotatable bonds is 5. The fraction of sp³-hybridized carbons (Fsp3) is 0.385. The largest absolute Gasteiger partial charge is 0.481 e. The molecule has 0 aliphatic heterocycles. The smallest absolute Gasteiger partial charge is 0.305 e. The van der Waals surface area contributed by atoms with Gasteiger partial charge in [0.15, 0.2) is 0 Å². The Kier molecular flexibility index (Phi) is 4.85. The third-order valence-corrected chi connectivity index (χ3v) is 2.75. The van der Waals surface area contributed by atoms with Crippen molar-refractivity contribution in [1.29, 1.82) is 0 Å². The van der Waals surface area contributed by atoms with Crippen LogP contribution in [0.4, 0.5) is 0 Å². The van der Waals surface area contributed by atoms with Crippen LogP contribution in [-0.4, -0.2) is 23.0 Å². The van der Waals surface area contributed by atoms with Crippen LogP contribution in [0.2, 0.25) is 0 Å². The van der Waals surface area contributed by atoms with Crippen LogP contribution in [0.25, 0.3) is 0 Å². The van der Waals surface area contributed by atoms with Crippen molar-refractivity contribution in [1.82, 2.24) is 5.32 Å². The van der Waals surface area contributed by atoms with Gasteiger partial charge in [-0.15, -0.1) is 0 Å². The number of hydrogen-bond donors (Lipinski definition) is 3. The minimum absolute atomic E-state index is 0.196. The van der Waals surface area contributed by atoms with Gasteiger partial charge in [0.25, 0.3) is 0 Å². The molecule has 0 heterocycles. The number of carbonyl (C=O) groups is 2. The van der Waals surface area contributed by atoms with Gasteiger partial charge < -0.3 is 16.2 Å². The summed E-state index contributed by atoms with van der Waals surface area (Å²) in [5, 5.41) is 11.3. The first-order valence-corrected chi connectivity index (χ1v) is 5.75. The predicted molar refractivity (Wildman–Crippen MR) is 68.0 cm³/mol. The van der Waals surface area contributed by atoms with E-state index in [1.54, 1.807) is 0 Å². The van der Waals surface area contributed by atoms with Gasteiger partial charge in [-0.2, -0.15) is 0 Å². The van der Waals surface area contributed by atoms with Gasteiger partial charge >= 0.3 is 5.97 Å². The SMILES string of the molecule is Cc1ccccc1C(C)NC(=O)C(N)CC(=O)O. The van der Waals surface area contributed by atoms with Crippen LogP contribution in [-0.2, 0) is 9.59 Å². The van der Waals surface area contributed by atoms with Gasteiger partial charge in [-0.05, 0) is 25.0 Å². The van der Waals surface area contributed by atoms with E-state index in [0.717, 1.165) is 11.1 Å². The molecule has 5 nitrogen and oxygen atoms in total. The first-order valence-electron chi connectivity index (χ1n) is 5.75. The maximum Gasteiger partial charge on any atom is 0.305 e. The lowest BCUT2D eigenvalue weighted by molar-refractivity contribution is -0.139. The van der Waals surface area contributed by atoms with E-state index < -0.39 is 17.9 Å². The van der Waals surface area contributed by atoms with Crippen molar-refractivity contribution in [2.45, 2.75) is 32.4 Å². The Bertz CT molecular complexity index is 446. The zero-order valence-corrected chi connectivity index (χ0v) is 10.5. The number of carboxylic acids is 1. The molecule has 0 spiro atoms. The van der Waals surface area contributed by atoms with Gasteiger partial charge in [0, 0.05) is 0 Å². The highest BCUT2D eigenvalue weighted by molar-refractivity contribution is 5.86. The molecular weight excluding hydrogens is 232 g/mol. The lowest BCUT2D eigenvalue weighted by Crippen LogP contribution is -2.42. The normalized spacial score (nSPS) is 13.7. The van der Waals surface area contributed by atoms with Gasteiger partial charge in [0.2, 0.25) is 5.91 Å². The summed E-state index contributed by atoms with van der Waals surface area (Å²) in [5.74, 6) is -1.53. The molecule has 2 unspecified atom stereocenters. The fourth-order valence-corrected chi connectivity index (χ4v) is 1.75. The molecule has 18 heavy (non-hydrogen) atoms. The van der Waals surface area contributed by atoms with Crippen molar-refractivity contribution in [2.24, 2.45) is 5.73 Å². The molecule has 0 fully saturated rings. The van der Waals surface area contributed by atoms with E-state index >= 15 is 0 Å². The topological polar surface area (TPSA) is 92.4 Å². The molecule has 1 aromatic carbocycles. The van der Waals surface area contributed by atoms with E-state index in [2.05, 4.69) is 5.32 Å². The fourth-order valence-electron chi connectivity index (χ4n) is 1.75. The lowest BCUT2D eigenvalue weighted by Gasteiger charge is -2.18. The van der Waals surface area contributed by atoms with E-state index in [0.29, 0.717) is 0 Å². The molecule has 1 rings (SSSR count). The number of aliphatic carboxylic acids is 1. The van der Waals surface area contributed by atoms with E-state index in [1.807, 2.05) is 38.1 Å². The van der Waals surface area contributed by atoms with Crippen LogP contribution in [0, 0.1) is 6.92 Å². The highest BCUT2D eigenvalue weighted by Gasteiger charge is 2.19. The maximum absolute atomic E-state index is 11.7. The Morgan fingerprint density at radius 1 is 1.39 bits per heavy atom. The van der Waals surface area contributed by atoms with Gasteiger partial charge in [0.05, 0.1) is 18.5 Å². The molecule has 4 N–H and O–H groups in total. The highest BCUT2D eigenvalue weighted by atomic mass is 16.4. The Labute approximate surface area is 106 Å². The van der Waals surface area contributed by atoms with Crippen molar-refractivity contribution in [3.63, 3.8) is 0 Å². The van der Waals surface area contributed by atoms with Crippen LogP contribution in [0.1, 0.15) is 30.5 Å². The number of carbonyl (C=O) groups excluding carboxylic acids is 1. The molecule has 0 saturated heterocycles. The summed E-state index contributed by atoms with van der Waals surface area (Å²) in [7, 11) is 0. The van der Waals surface area contributed by atoms with Crippen molar-refractivity contribution < 1.29 is 14.7 Å². The number of amides is 1. The number of hydrogen-bond acceptors (Lipinski definition) is 3. The van der Waals surface area contributed by atoms with Crippen molar-refractivity contribution in [3.8, 4) is 0 Å². The second kappa shape index (κ2) is 6.16. The van der Waals surface area contributed by atoms with Crippen LogP contribution in [0.15, 0.2) is 24.3 Å². The van der Waals surface area contributed by atoms with Crippen LogP contribution in [0.3, 0.4) is 0 Å². The number of aryl methyl sites for hydroxylation is 1. The monoisotopic (exact) mass is 250 g/mol. The maximum atomic E-state index is 11.7. The summed E-state index contributed by atoms with van der Waals surface area (Å²) in [6.07, 6.45) is -0.369. The number of benzene rings is 1. The standard InChI is InChI=1S/C13H18N2O3/c1-8-5-3-4-6-10(8)9(2)15-13(18)11(14)7-12(16)17/h3-6,9,11H,7,14H2,1-2H3,(H,15,18)(H,16,17). The molecule has 98 valence electrons. The Morgan fingerprint density at radius 2 is 2.00 bits per heavy atom. The molecule has 1 aromatic rings. The zero-order chi connectivity index (χ0) is 13.7. The number of nitrogens with two attached hydrogens (primary N) is 1. The average molecular weight is 250 g/mol. The first-order chi connectivity index (χ1) is 8.41. The summed E-state index contributed by atoms with van der Waals surface area (Å²) < 4.78 is 0. The number of carboxylic acid groups (broad SMARTS) is 1. The Morgan fingerprint density at radius 3 is 2.56 bits per heavy atom. The van der Waals surface area contributed by atoms with Gasteiger partial charge in [-0.25, -0.2) is 0 Å². The van der Waals surface area contributed by atoms with Crippen LogP contribution < -0.4 is 11.1 Å². The Balaban J connectivity index is 2.65. The quantitative estimate of drug-likeness (QED) is 0.726. The zero-order valence-electron chi connectivity index (χ0n) is 10.5. The third kappa shape index (κ3) is 3.85. The second-order valence-corrected chi connectivity index (χ2v) is 4.29. The van der Waals surface area contributed by atoms with Crippen LogP contribution in [0.5, 0.6) is 0 Å². The summed E-state index contributed by atoms with van der Waals surface area (Å²) in [5.41, 5.74) is 7.55. The van der Waals surface area contributed by atoms with Gasteiger partial charge in [-0.3, -0.25) is 9.59 Å². The van der Waals surface area contributed by atoms with E-state index in [-0.39, 0.29) is 12.5 Å². The molecule has 0 saturated carbocycles. The summed E-state index contributed by atoms with van der Waals surface area (Å²) in [6.45, 7) is 3.79. The van der Waals surface area contributed by atoms with E-state index in [9.17, 15) is 9.59 Å². The molecule has 0 aliphatic carbocycles. The van der Waals surface area contributed by atoms with Gasteiger partial charge in [0.1, 0.15) is 0 Å². The summed E-state index contributed by atoms with van der Waals surface area (Å²) in [4.78, 5) is 22.1. The third-order valence-electron chi connectivity index (χ3n) is 2.75. The van der Waals surface area contributed by atoms with Crippen molar-refractivity contribution >= 4 is 11.9 Å². The predicted octanol–water partition coefficient (Wildman–Crippen LogP) is 0.974. The van der Waals surface area contributed by atoms with Crippen molar-refractivity contribution in [2.75, 3.05) is 0 Å². The number of nitrogens with one attached hydrogen (secondary N) is 1. The first kappa shape index (κ1) is 14.2.